The van der Waals surface area contributed by atoms with E-state index >= 15 is 0 Å². The molecule has 4 rings (SSSR count). The Morgan fingerprint density at radius 1 is 1.12 bits per heavy atom. The van der Waals surface area contributed by atoms with Gasteiger partial charge in [-0.1, -0.05) is 6.07 Å². The molecule has 0 spiro atoms. The minimum absolute atomic E-state index is 0.0483. The second kappa shape index (κ2) is 7.55. The van der Waals surface area contributed by atoms with Gasteiger partial charge in [0, 0.05) is 42.5 Å². The quantitative estimate of drug-likeness (QED) is 0.646. The topological polar surface area (TPSA) is 95.9 Å². The van der Waals surface area contributed by atoms with Crippen molar-refractivity contribution in [3.8, 4) is 11.4 Å². The molecule has 1 aliphatic rings. The van der Waals surface area contributed by atoms with Crippen LogP contribution in [0.15, 0.2) is 49.1 Å². The fourth-order valence-corrected chi connectivity index (χ4v) is 3.09. The van der Waals surface area contributed by atoms with Gasteiger partial charge in [-0.3, -0.25) is 9.97 Å². The van der Waals surface area contributed by atoms with Gasteiger partial charge in [0.05, 0.1) is 18.3 Å². The van der Waals surface area contributed by atoms with Crippen LogP contribution in [0.4, 0.5) is 5.82 Å². The summed E-state index contributed by atoms with van der Waals surface area (Å²) in [5, 5.41) is 16.6. The number of anilines is 1. The van der Waals surface area contributed by atoms with Crippen molar-refractivity contribution < 1.29 is 5.11 Å². The second-order valence-electron chi connectivity index (χ2n) is 6.15. The summed E-state index contributed by atoms with van der Waals surface area (Å²) >= 11 is 0. The third-order valence-corrected chi connectivity index (χ3v) is 4.46. The molecule has 7 nitrogen and oxygen atoms in total. The average Bonchev–Trinajstić information content (AvgIpc) is 2.73. The molecule has 0 radical (unpaired) electrons. The van der Waals surface area contributed by atoms with E-state index in [1.165, 1.54) is 0 Å². The number of aliphatic hydroxyl groups is 1. The number of nitrogens with zero attached hydrogens (tertiary/aromatic N) is 4. The lowest BCUT2D eigenvalue weighted by molar-refractivity contribution is 0.276. The van der Waals surface area contributed by atoms with Gasteiger partial charge in [0.1, 0.15) is 5.82 Å². The van der Waals surface area contributed by atoms with Gasteiger partial charge in [-0.2, -0.15) is 0 Å². The first-order valence-corrected chi connectivity index (χ1v) is 8.63. The lowest BCUT2D eigenvalue weighted by Gasteiger charge is -2.24. The lowest BCUT2D eigenvalue weighted by atomic mass is 10.0. The Morgan fingerprint density at radius 3 is 2.77 bits per heavy atom. The summed E-state index contributed by atoms with van der Waals surface area (Å²) in [5.74, 6) is 1.42. The first-order chi connectivity index (χ1) is 12.8. The van der Waals surface area contributed by atoms with Crippen molar-refractivity contribution in [1.29, 1.82) is 0 Å². The van der Waals surface area contributed by atoms with Crippen LogP contribution >= 0.6 is 0 Å². The molecule has 0 saturated carbocycles. The summed E-state index contributed by atoms with van der Waals surface area (Å²) in [6.07, 6.45) is 7.79. The Labute approximate surface area is 151 Å². The zero-order valence-electron chi connectivity index (χ0n) is 14.3. The molecule has 3 aromatic heterocycles. The Kier molecular flexibility index (Phi) is 4.81. The molecule has 132 valence electrons. The molecule has 4 heterocycles. The zero-order chi connectivity index (χ0) is 17.8. The van der Waals surface area contributed by atoms with Crippen molar-refractivity contribution >= 4 is 5.82 Å². The van der Waals surface area contributed by atoms with Crippen LogP contribution in [0.25, 0.3) is 11.4 Å². The number of aromatic nitrogens is 4. The highest BCUT2D eigenvalue weighted by molar-refractivity contribution is 5.60. The molecule has 1 aliphatic heterocycles. The highest BCUT2D eigenvalue weighted by Crippen LogP contribution is 2.27. The van der Waals surface area contributed by atoms with Crippen LogP contribution in [0.2, 0.25) is 0 Å². The van der Waals surface area contributed by atoms with Crippen LogP contribution in [0.5, 0.6) is 0 Å². The van der Waals surface area contributed by atoms with E-state index in [0.29, 0.717) is 12.4 Å². The molecule has 1 atom stereocenters. The lowest BCUT2D eigenvalue weighted by Crippen LogP contribution is -2.27. The number of pyridine rings is 2. The van der Waals surface area contributed by atoms with E-state index < -0.39 is 0 Å². The van der Waals surface area contributed by atoms with Gasteiger partial charge in [0.25, 0.3) is 0 Å². The average molecular weight is 348 g/mol. The first kappa shape index (κ1) is 16.6. The minimum atomic E-state index is -0.275. The SMILES string of the molecule is OCC(Nc1nc(-c2ccncc2)nc2c1CCNC2)c1cccnc1. The van der Waals surface area contributed by atoms with Gasteiger partial charge in [-0.05, 0) is 36.7 Å². The van der Waals surface area contributed by atoms with Crippen molar-refractivity contribution in [2.24, 2.45) is 0 Å². The highest BCUT2D eigenvalue weighted by atomic mass is 16.3. The zero-order valence-corrected chi connectivity index (χ0v) is 14.3. The van der Waals surface area contributed by atoms with E-state index in [1.807, 2.05) is 24.3 Å². The van der Waals surface area contributed by atoms with Crippen LogP contribution in [-0.4, -0.2) is 38.2 Å². The summed E-state index contributed by atoms with van der Waals surface area (Å²) in [4.78, 5) is 17.7. The molecule has 3 aromatic rings. The van der Waals surface area contributed by atoms with Gasteiger partial charge < -0.3 is 15.7 Å². The second-order valence-corrected chi connectivity index (χ2v) is 6.15. The number of hydrogen-bond donors (Lipinski definition) is 3. The molecule has 1 unspecified atom stereocenters. The van der Waals surface area contributed by atoms with Crippen molar-refractivity contribution in [2.45, 2.75) is 19.0 Å². The van der Waals surface area contributed by atoms with Crippen molar-refractivity contribution in [2.75, 3.05) is 18.5 Å². The molecule has 0 bridgehead atoms. The molecule has 26 heavy (non-hydrogen) atoms. The van der Waals surface area contributed by atoms with Gasteiger partial charge >= 0.3 is 0 Å². The van der Waals surface area contributed by atoms with E-state index in [4.69, 9.17) is 9.97 Å². The van der Waals surface area contributed by atoms with Crippen LogP contribution in [0, 0.1) is 0 Å². The van der Waals surface area contributed by atoms with E-state index in [1.54, 1.807) is 24.8 Å². The molecule has 0 saturated heterocycles. The maximum absolute atomic E-state index is 9.88. The van der Waals surface area contributed by atoms with Crippen molar-refractivity contribution in [3.63, 3.8) is 0 Å². The third kappa shape index (κ3) is 3.40. The van der Waals surface area contributed by atoms with Gasteiger partial charge in [0.2, 0.25) is 0 Å². The Morgan fingerprint density at radius 2 is 2.00 bits per heavy atom. The van der Waals surface area contributed by atoms with Crippen molar-refractivity contribution in [3.05, 3.63) is 65.9 Å². The predicted molar refractivity (Wildman–Crippen MR) is 98.4 cm³/mol. The van der Waals surface area contributed by atoms with Gasteiger partial charge in [0.15, 0.2) is 5.82 Å². The maximum atomic E-state index is 9.88. The Bertz CT molecular complexity index is 872. The normalized spacial score (nSPS) is 14.5. The molecular weight excluding hydrogens is 328 g/mol. The van der Waals surface area contributed by atoms with Crippen LogP contribution < -0.4 is 10.6 Å². The molecule has 0 aromatic carbocycles. The monoisotopic (exact) mass is 348 g/mol. The molecule has 3 N–H and O–H groups in total. The van der Waals surface area contributed by atoms with Crippen LogP contribution in [0.3, 0.4) is 0 Å². The molecule has 7 heteroatoms. The van der Waals surface area contributed by atoms with E-state index in [0.717, 1.165) is 41.2 Å². The maximum Gasteiger partial charge on any atom is 0.161 e. The predicted octanol–water partition coefficient (Wildman–Crippen LogP) is 1.72. The summed E-state index contributed by atoms with van der Waals surface area (Å²) in [6, 6.07) is 7.32. The third-order valence-electron chi connectivity index (χ3n) is 4.46. The van der Waals surface area contributed by atoms with Crippen molar-refractivity contribution in [1.82, 2.24) is 25.3 Å². The van der Waals surface area contributed by atoms with Gasteiger partial charge in [-0.25, -0.2) is 9.97 Å². The molecule has 0 fully saturated rings. The van der Waals surface area contributed by atoms with E-state index in [2.05, 4.69) is 20.6 Å². The fourth-order valence-electron chi connectivity index (χ4n) is 3.09. The number of fused-ring (bicyclic) bond motifs is 1. The van der Waals surface area contributed by atoms with Crippen LogP contribution in [-0.2, 0) is 13.0 Å². The van der Waals surface area contributed by atoms with E-state index in [-0.39, 0.29) is 12.6 Å². The summed E-state index contributed by atoms with van der Waals surface area (Å²) in [5.41, 5.74) is 3.92. The number of rotatable bonds is 5. The number of nitrogens with one attached hydrogen (secondary N) is 2. The number of aliphatic hydroxyl groups excluding tert-OH is 1. The fraction of sp³-hybridized carbons (Fsp3) is 0.263. The highest BCUT2D eigenvalue weighted by Gasteiger charge is 2.21. The van der Waals surface area contributed by atoms with E-state index in [9.17, 15) is 5.11 Å². The Hall–Kier alpha value is -2.90. The molecular formula is C19H20N6O. The summed E-state index contributed by atoms with van der Waals surface area (Å²) < 4.78 is 0. The standard InChI is InChI=1S/C19H20N6O/c26-12-17(14-2-1-6-21-10-14)24-19-15-5-9-22-11-16(15)23-18(25-19)13-3-7-20-8-4-13/h1-4,6-8,10,17,22,26H,5,9,11-12H2,(H,23,24,25). The van der Waals surface area contributed by atoms with Crippen LogP contribution in [0.1, 0.15) is 22.9 Å². The smallest absolute Gasteiger partial charge is 0.161 e. The summed E-state index contributed by atoms with van der Waals surface area (Å²) in [6.45, 7) is 1.55. The minimum Gasteiger partial charge on any atom is -0.394 e. The van der Waals surface area contributed by atoms with Gasteiger partial charge in [-0.15, -0.1) is 0 Å². The number of hydrogen-bond acceptors (Lipinski definition) is 7. The largest absolute Gasteiger partial charge is 0.394 e. The first-order valence-electron chi connectivity index (χ1n) is 8.63. The Balaban J connectivity index is 1.74. The molecule has 0 amide bonds. The summed E-state index contributed by atoms with van der Waals surface area (Å²) in [7, 11) is 0. The molecule has 0 aliphatic carbocycles.